The zero-order valence-corrected chi connectivity index (χ0v) is 12.0. The van der Waals surface area contributed by atoms with E-state index in [9.17, 15) is 9.00 Å². The molecule has 8 heteroatoms. The van der Waals surface area contributed by atoms with E-state index in [2.05, 4.69) is 15.0 Å². The van der Waals surface area contributed by atoms with Crippen LogP contribution in [0.3, 0.4) is 0 Å². The van der Waals surface area contributed by atoms with E-state index >= 15 is 0 Å². The molecule has 17 heavy (non-hydrogen) atoms. The normalized spacial score (nSPS) is 14.1. The van der Waals surface area contributed by atoms with Gasteiger partial charge in [0.1, 0.15) is 0 Å². The third-order valence-electron chi connectivity index (χ3n) is 2.06. The van der Waals surface area contributed by atoms with Crippen molar-refractivity contribution in [1.29, 1.82) is 0 Å². The highest BCUT2D eigenvalue weighted by molar-refractivity contribution is 7.84. The molecule has 0 aliphatic heterocycles. The maximum Gasteiger partial charge on any atom is 0.351 e. The molecule has 2 atom stereocenters. The molecule has 0 saturated carbocycles. The minimum atomic E-state index is -0.903. The molecular weight excluding hydrogens is 284 g/mol. The summed E-state index contributed by atoms with van der Waals surface area (Å²) in [4.78, 5) is 15.5. The molecule has 1 N–H and O–H groups in total. The highest BCUT2D eigenvalue weighted by Gasteiger charge is 2.17. The van der Waals surface area contributed by atoms with Crippen molar-refractivity contribution in [1.82, 2.24) is 4.98 Å². The first-order valence-electron chi connectivity index (χ1n) is 4.76. The molecule has 0 saturated heterocycles. The maximum absolute atomic E-state index is 11.3. The Morgan fingerprint density at radius 2 is 2.35 bits per heavy atom. The molecule has 0 aliphatic carbocycles. The lowest BCUT2D eigenvalue weighted by Gasteiger charge is -2.07. The smallest absolute Gasteiger partial charge is 0.351 e. The number of nitrogens with zero attached hydrogens (tertiary/aromatic N) is 1. The highest BCUT2D eigenvalue weighted by atomic mass is 35.5. The summed E-state index contributed by atoms with van der Waals surface area (Å²) in [5.41, 5.74) is 0. The molecule has 2 unspecified atom stereocenters. The number of anilines is 1. The third kappa shape index (κ3) is 3.93. The van der Waals surface area contributed by atoms with Crippen molar-refractivity contribution in [2.75, 3.05) is 25.2 Å². The summed E-state index contributed by atoms with van der Waals surface area (Å²) in [6.45, 7) is 2.37. The van der Waals surface area contributed by atoms with Crippen LogP contribution in [0.15, 0.2) is 0 Å². The summed E-state index contributed by atoms with van der Waals surface area (Å²) in [6, 6.07) is 0. The van der Waals surface area contributed by atoms with Crippen LogP contribution in [-0.2, 0) is 15.5 Å². The Labute approximate surface area is 111 Å². The summed E-state index contributed by atoms with van der Waals surface area (Å²) < 4.78 is 15.7. The number of rotatable bonds is 5. The molecule has 0 bridgehead atoms. The van der Waals surface area contributed by atoms with E-state index in [-0.39, 0.29) is 15.3 Å². The molecule has 0 aromatic carbocycles. The number of hydrogen-bond acceptors (Lipinski definition) is 6. The predicted molar refractivity (Wildman–Crippen MR) is 70.5 cm³/mol. The van der Waals surface area contributed by atoms with Crippen molar-refractivity contribution in [3.63, 3.8) is 0 Å². The fraction of sp³-hybridized carbons (Fsp3) is 0.556. The molecule has 1 rings (SSSR count). The lowest BCUT2D eigenvalue weighted by molar-refractivity contribution is 0.0606. The lowest BCUT2D eigenvalue weighted by Crippen LogP contribution is -2.20. The van der Waals surface area contributed by atoms with E-state index in [1.54, 1.807) is 6.26 Å². The Kier molecular flexibility index (Phi) is 5.35. The number of thiazole rings is 1. The Bertz CT molecular complexity index is 436. The molecule has 1 heterocycles. The SMILES string of the molecule is COC(=O)c1sc(NCC(C)S(C)=O)nc1Cl. The molecule has 0 spiro atoms. The second-order valence-corrected chi connectivity index (χ2v) is 6.48. The van der Waals surface area contributed by atoms with E-state index in [4.69, 9.17) is 11.6 Å². The summed E-state index contributed by atoms with van der Waals surface area (Å²) in [6.07, 6.45) is 1.64. The number of carbonyl (C=O) groups is 1. The number of methoxy groups -OCH3 is 1. The van der Waals surface area contributed by atoms with Crippen LogP contribution in [0.2, 0.25) is 5.15 Å². The number of aromatic nitrogens is 1. The molecule has 96 valence electrons. The van der Waals surface area contributed by atoms with Gasteiger partial charge in [0, 0.05) is 28.9 Å². The molecule has 1 aromatic rings. The topological polar surface area (TPSA) is 68.3 Å². The molecule has 0 aliphatic rings. The predicted octanol–water partition coefficient (Wildman–Crippen LogP) is 1.76. The molecule has 0 amide bonds. The Hall–Kier alpha value is -0.660. The van der Waals surface area contributed by atoms with Gasteiger partial charge in [-0.2, -0.15) is 0 Å². The van der Waals surface area contributed by atoms with Crippen LogP contribution in [0.4, 0.5) is 5.13 Å². The van der Waals surface area contributed by atoms with Gasteiger partial charge in [0.05, 0.1) is 7.11 Å². The monoisotopic (exact) mass is 296 g/mol. The third-order valence-corrected chi connectivity index (χ3v) is 4.74. The van der Waals surface area contributed by atoms with Gasteiger partial charge in [0.25, 0.3) is 0 Å². The largest absolute Gasteiger partial charge is 0.465 e. The van der Waals surface area contributed by atoms with Gasteiger partial charge < -0.3 is 10.1 Å². The van der Waals surface area contributed by atoms with Crippen molar-refractivity contribution < 1.29 is 13.7 Å². The second kappa shape index (κ2) is 6.32. The van der Waals surface area contributed by atoms with Gasteiger partial charge in [-0.15, -0.1) is 0 Å². The molecule has 0 fully saturated rings. The fourth-order valence-electron chi connectivity index (χ4n) is 0.944. The quantitative estimate of drug-likeness (QED) is 0.839. The van der Waals surface area contributed by atoms with Gasteiger partial charge in [-0.1, -0.05) is 22.9 Å². The number of halogens is 1. The summed E-state index contributed by atoms with van der Waals surface area (Å²) in [5, 5.41) is 3.63. The first-order valence-corrected chi connectivity index (χ1v) is 7.58. The van der Waals surface area contributed by atoms with Gasteiger partial charge in [0.15, 0.2) is 15.2 Å². The first kappa shape index (κ1) is 14.4. The van der Waals surface area contributed by atoms with Crippen molar-refractivity contribution in [2.24, 2.45) is 0 Å². The van der Waals surface area contributed by atoms with Crippen LogP contribution in [-0.4, -0.2) is 40.3 Å². The zero-order valence-electron chi connectivity index (χ0n) is 9.65. The standard InChI is InChI=1S/C9H13ClN2O3S2/c1-5(17(3)14)4-11-9-12-7(10)6(16-9)8(13)15-2/h5H,4H2,1-3H3,(H,11,12). The number of hydrogen-bond donors (Lipinski definition) is 1. The average Bonchev–Trinajstić information content (AvgIpc) is 2.66. The first-order chi connectivity index (χ1) is 7.95. The zero-order chi connectivity index (χ0) is 13.0. The van der Waals surface area contributed by atoms with Crippen molar-refractivity contribution in [3.05, 3.63) is 10.0 Å². The number of carbonyl (C=O) groups excluding carboxylic acids is 1. The van der Waals surface area contributed by atoms with Gasteiger partial charge in [-0.05, 0) is 6.92 Å². The van der Waals surface area contributed by atoms with Gasteiger partial charge in [-0.3, -0.25) is 4.21 Å². The van der Waals surface area contributed by atoms with Crippen LogP contribution < -0.4 is 5.32 Å². The summed E-state index contributed by atoms with van der Waals surface area (Å²) in [5.74, 6) is -0.507. The summed E-state index contributed by atoms with van der Waals surface area (Å²) >= 11 is 6.91. The average molecular weight is 297 g/mol. The van der Waals surface area contributed by atoms with E-state index in [0.717, 1.165) is 11.3 Å². The number of esters is 1. The van der Waals surface area contributed by atoms with Crippen LogP contribution in [0.5, 0.6) is 0 Å². The van der Waals surface area contributed by atoms with Gasteiger partial charge in [-0.25, -0.2) is 9.78 Å². The lowest BCUT2D eigenvalue weighted by atomic mass is 10.5. The van der Waals surface area contributed by atoms with Crippen molar-refractivity contribution in [3.8, 4) is 0 Å². The highest BCUT2D eigenvalue weighted by Crippen LogP contribution is 2.27. The number of nitrogens with one attached hydrogen (secondary N) is 1. The van der Waals surface area contributed by atoms with Crippen molar-refractivity contribution >= 4 is 44.8 Å². The van der Waals surface area contributed by atoms with Crippen LogP contribution in [0.1, 0.15) is 16.6 Å². The van der Waals surface area contributed by atoms with Gasteiger partial charge in [0.2, 0.25) is 0 Å². The minimum Gasteiger partial charge on any atom is -0.465 e. The van der Waals surface area contributed by atoms with Crippen LogP contribution in [0.25, 0.3) is 0 Å². The minimum absolute atomic E-state index is 0.000692. The Balaban J connectivity index is 2.68. The van der Waals surface area contributed by atoms with E-state index in [1.807, 2.05) is 6.92 Å². The maximum atomic E-state index is 11.3. The van der Waals surface area contributed by atoms with Crippen LogP contribution in [0, 0.1) is 0 Å². The number of ether oxygens (including phenoxy) is 1. The molecule has 1 aromatic heterocycles. The van der Waals surface area contributed by atoms with Gasteiger partial charge >= 0.3 is 5.97 Å². The Morgan fingerprint density at radius 3 is 2.88 bits per heavy atom. The van der Waals surface area contributed by atoms with E-state index in [1.165, 1.54) is 7.11 Å². The summed E-state index contributed by atoms with van der Waals surface area (Å²) in [7, 11) is 0.382. The van der Waals surface area contributed by atoms with E-state index < -0.39 is 16.8 Å². The second-order valence-electron chi connectivity index (χ2n) is 3.32. The van der Waals surface area contributed by atoms with E-state index in [0.29, 0.717) is 11.7 Å². The van der Waals surface area contributed by atoms with Crippen LogP contribution >= 0.6 is 22.9 Å². The fourth-order valence-corrected chi connectivity index (χ4v) is 2.37. The Morgan fingerprint density at radius 1 is 1.71 bits per heavy atom. The molecule has 0 radical (unpaired) electrons. The molecular formula is C9H13ClN2O3S2. The van der Waals surface area contributed by atoms with Crippen molar-refractivity contribution in [2.45, 2.75) is 12.2 Å². The molecule has 5 nitrogen and oxygen atoms in total.